The number of benzene rings is 1. The third-order valence-electron chi connectivity index (χ3n) is 3.47. The van der Waals surface area contributed by atoms with Crippen LogP contribution < -0.4 is 11.1 Å². The molecule has 0 bridgehead atoms. The Labute approximate surface area is 122 Å². The molecule has 1 aromatic carbocycles. The highest BCUT2D eigenvalue weighted by atomic mass is 32.2. The zero-order valence-electron chi connectivity index (χ0n) is 11.4. The fraction of sp³-hybridized carbons (Fsp3) is 0.429. The van der Waals surface area contributed by atoms with E-state index in [9.17, 15) is 4.79 Å². The minimum Gasteiger partial charge on any atom is -0.409 e. The predicted molar refractivity (Wildman–Crippen MR) is 81.4 cm³/mol. The van der Waals surface area contributed by atoms with Crippen molar-refractivity contribution in [1.82, 2.24) is 5.32 Å². The van der Waals surface area contributed by atoms with Gasteiger partial charge >= 0.3 is 0 Å². The van der Waals surface area contributed by atoms with Crippen molar-refractivity contribution in [2.24, 2.45) is 10.9 Å². The summed E-state index contributed by atoms with van der Waals surface area (Å²) < 4.78 is 0.156. The summed E-state index contributed by atoms with van der Waals surface area (Å²) >= 11 is 1.92. The molecule has 1 atom stereocenters. The highest BCUT2D eigenvalue weighted by Crippen LogP contribution is 2.36. The number of carbonyl (C=O) groups excluding carboxylic acids is 1. The first kappa shape index (κ1) is 14.7. The van der Waals surface area contributed by atoms with Gasteiger partial charge in [-0.1, -0.05) is 17.3 Å². The number of hydrogen-bond acceptors (Lipinski definition) is 4. The third kappa shape index (κ3) is 3.45. The Morgan fingerprint density at radius 2 is 2.10 bits per heavy atom. The molecule has 5 nitrogen and oxygen atoms in total. The number of amidine groups is 1. The molecule has 1 aliphatic heterocycles. The summed E-state index contributed by atoms with van der Waals surface area (Å²) in [6, 6.07) is 6.67. The number of amides is 1. The zero-order valence-corrected chi connectivity index (χ0v) is 12.2. The van der Waals surface area contributed by atoms with Crippen molar-refractivity contribution >= 4 is 23.5 Å². The number of thioether (sulfide) groups is 1. The van der Waals surface area contributed by atoms with Crippen LogP contribution in [0.5, 0.6) is 0 Å². The summed E-state index contributed by atoms with van der Waals surface area (Å²) in [5.41, 5.74) is 6.64. The van der Waals surface area contributed by atoms with E-state index in [0.717, 1.165) is 6.42 Å². The van der Waals surface area contributed by atoms with Crippen LogP contribution in [0, 0.1) is 0 Å². The van der Waals surface area contributed by atoms with Crippen LogP contribution in [-0.4, -0.2) is 34.0 Å². The van der Waals surface area contributed by atoms with Gasteiger partial charge in [-0.2, -0.15) is 11.8 Å². The minimum atomic E-state index is -0.0928. The number of nitrogens with two attached hydrogens (primary N) is 1. The third-order valence-corrected chi connectivity index (χ3v) is 5.01. The number of carbonyl (C=O) groups is 1. The predicted octanol–water partition coefficient (Wildman–Crippen LogP) is 1.80. The van der Waals surface area contributed by atoms with Crippen LogP contribution in [0.1, 0.15) is 35.7 Å². The highest BCUT2D eigenvalue weighted by Gasteiger charge is 2.29. The number of oxime groups is 1. The number of rotatable bonds is 4. The average Bonchev–Trinajstić information content (AvgIpc) is 2.91. The van der Waals surface area contributed by atoms with Crippen molar-refractivity contribution in [1.29, 1.82) is 0 Å². The Kier molecular flexibility index (Phi) is 4.54. The Bertz CT molecular complexity index is 508. The molecule has 0 aromatic heterocycles. The van der Waals surface area contributed by atoms with E-state index in [4.69, 9.17) is 10.9 Å². The van der Waals surface area contributed by atoms with E-state index in [1.165, 1.54) is 12.2 Å². The van der Waals surface area contributed by atoms with Crippen LogP contribution in [-0.2, 0) is 0 Å². The molecular formula is C14H19N3O2S. The first-order valence-electron chi connectivity index (χ1n) is 6.54. The van der Waals surface area contributed by atoms with Crippen molar-refractivity contribution in [3.63, 3.8) is 0 Å². The molecule has 0 saturated carbocycles. The molecule has 4 N–H and O–H groups in total. The first-order chi connectivity index (χ1) is 9.54. The monoisotopic (exact) mass is 293 g/mol. The lowest BCUT2D eigenvalue weighted by Gasteiger charge is -2.22. The van der Waals surface area contributed by atoms with E-state index in [0.29, 0.717) is 17.7 Å². The molecule has 20 heavy (non-hydrogen) atoms. The SMILES string of the molecule is CC1(CNC(=O)c2ccc(/C(N)=N/O)cc2)CCCS1. The first-order valence-corrected chi connectivity index (χ1v) is 7.53. The Balaban J connectivity index is 1.95. The van der Waals surface area contributed by atoms with Crippen LogP contribution in [0.3, 0.4) is 0 Å². The summed E-state index contributed by atoms with van der Waals surface area (Å²) in [4.78, 5) is 12.1. The van der Waals surface area contributed by atoms with E-state index in [1.807, 2.05) is 11.8 Å². The van der Waals surface area contributed by atoms with Crippen molar-refractivity contribution in [2.75, 3.05) is 12.3 Å². The topological polar surface area (TPSA) is 87.7 Å². The minimum absolute atomic E-state index is 0.0341. The molecule has 0 radical (unpaired) electrons. The maximum Gasteiger partial charge on any atom is 0.251 e. The van der Waals surface area contributed by atoms with Crippen LogP contribution in [0.4, 0.5) is 0 Å². The van der Waals surface area contributed by atoms with Gasteiger partial charge in [0.15, 0.2) is 5.84 Å². The quantitative estimate of drug-likeness (QED) is 0.342. The van der Waals surface area contributed by atoms with Gasteiger partial charge in [0.05, 0.1) is 0 Å². The Hall–Kier alpha value is -1.69. The van der Waals surface area contributed by atoms with Gasteiger partial charge in [0, 0.05) is 22.4 Å². The van der Waals surface area contributed by atoms with Gasteiger partial charge in [-0.25, -0.2) is 0 Å². The molecule has 0 aliphatic carbocycles. The second kappa shape index (κ2) is 6.17. The molecule has 6 heteroatoms. The van der Waals surface area contributed by atoms with E-state index in [1.54, 1.807) is 24.3 Å². The molecule has 2 rings (SSSR count). The molecule has 108 valence electrons. The summed E-state index contributed by atoms with van der Waals surface area (Å²) in [6.45, 7) is 2.87. The number of nitrogens with zero attached hydrogens (tertiary/aromatic N) is 1. The second-order valence-corrected chi connectivity index (χ2v) is 6.83. The van der Waals surface area contributed by atoms with Gasteiger partial charge in [-0.05, 0) is 37.7 Å². The second-order valence-electron chi connectivity index (χ2n) is 5.15. The maximum atomic E-state index is 12.1. The van der Waals surface area contributed by atoms with Crippen LogP contribution in [0.15, 0.2) is 29.4 Å². The standard InChI is InChI=1S/C14H19N3O2S/c1-14(7-2-8-20-14)9-16-13(18)11-5-3-10(4-6-11)12(15)17-19/h3-6,19H,2,7-9H2,1H3,(H2,15,17)(H,16,18). The lowest BCUT2D eigenvalue weighted by molar-refractivity contribution is 0.0950. The molecule has 1 aliphatic rings. The summed E-state index contributed by atoms with van der Waals surface area (Å²) in [5, 5.41) is 14.5. The molecule has 1 unspecified atom stereocenters. The summed E-state index contributed by atoms with van der Waals surface area (Å²) in [5.74, 6) is 1.11. The van der Waals surface area contributed by atoms with Gasteiger partial charge < -0.3 is 16.3 Å². The zero-order chi connectivity index (χ0) is 14.6. The normalized spacial score (nSPS) is 22.8. The molecule has 1 fully saturated rings. The fourth-order valence-electron chi connectivity index (χ4n) is 2.20. The Morgan fingerprint density at radius 1 is 1.45 bits per heavy atom. The van der Waals surface area contributed by atoms with Crippen molar-refractivity contribution in [3.05, 3.63) is 35.4 Å². The van der Waals surface area contributed by atoms with Crippen LogP contribution >= 0.6 is 11.8 Å². The van der Waals surface area contributed by atoms with Gasteiger partial charge in [0.1, 0.15) is 0 Å². The molecule has 1 saturated heterocycles. The van der Waals surface area contributed by atoms with Gasteiger partial charge in [-0.3, -0.25) is 4.79 Å². The van der Waals surface area contributed by atoms with Gasteiger partial charge in [0.2, 0.25) is 0 Å². The highest BCUT2D eigenvalue weighted by molar-refractivity contribution is 8.00. The van der Waals surface area contributed by atoms with Gasteiger partial charge in [0.25, 0.3) is 5.91 Å². The molecular weight excluding hydrogens is 274 g/mol. The van der Waals surface area contributed by atoms with Crippen molar-refractivity contribution < 1.29 is 10.0 Å². The Morgan fingerprint density at radius 3 is 2.65 bits per heavy atom. The molecule has 1 amide bonds. The average molecular weight is 293 g/mol. The number of nitrogens with one attached hydrogen (secondary N) is 1. The number of hydrogen-bond donors (Lipinski definition) is 3. The fourth-order valence-corrected chi connectivity index (χ4v) is 3.44. The lowest BCUT2D eigenvalue weighted by atomic mass is 10.1. The smallest absolute Gasteiger partial charge is 0.251 e. The molecule has 1 heterocycles. The summed E-state index contributed by atoms with van der Waals surface area (Å²) in [6.07, 6.45) is 2.35. The van der Waals surface area contributed by atoms with E-state index in [-0.39, 0.29) is 16.5 Å². The van der Waals surface area contributed by atoms with Crippen LogP contribution in [0.25, 0.3) is 0 Å². The summed E-state index contributed by atoms with van der Waals surface area (Å²) in [7, 11) is 0. The van der Waals surface area contributed by atoms with Crippen molar-refractivity contribution in [2.45, 2.75) is 24.5 Å². The van der Waals surface area contributed by atoms with Gasteiger partial charge in [-0.15, -0.1) is 0 Å². The largest absolute Gasteiger partial charge is 0.409 e. The molecule has 1 aromatic rings. The maximum absolute atomic E-state index is 12.1. The van der Waals surface area contributed by atoms with Crippen LogP contribution in [0.2, 0.25) is 0 Å². The molecule has 0 spiro atoms. The van der Waals surface area contributed by atoms with E-state index < -0.39 is 0 Å². The van der Waals surface area contributed by atoms with E-state index >= 15 is 0 Å². The van der Waals surface area contributed by atoms with E-state index in [2.05, 4.69) is 17.4 Å². The lowest BCUT2D eigenvalue weighted by Crippen LogP contribution is -2.36. The van der Waals surface area contributed by atoms with Crippen molar-refractivity contribution in [3.8, 4) is 0 Å².